The molecule has 4 rings (SSSR count). The molecule has 0 amide bonds. The van der Waals surface area contributed by atoms with Crippen molar-refractivity contribution in [3.8, 4) is 17.3 Å². The topological polar surface area (TPSA) is 64.6 Å². The van der Waals surface area contributed by atoms with Gasteiger partial charge >= 0.3 is 0 Å². The number of thiazole rings is 1. The van der Waals surface area contributed by atoms with Gasteiger partial charge in [0.25, 0.3) is 0 Å². The molecule has 5 nitrogen and oxygen atoms in total. The first-order chi connectivity index (χ1) is 13.9. The molecule has 2 aromatic rings. The number of halogens is 2. The summed E-state index contributed by atoms with van der Waals surface area (Å²) in [5.74, 6) is -0.320. The first-order valence-corrected chi connectivity index (χ1v) is 10.7. The molecular weight excluding hydrogens is 453 g/mol. The summed E-state index contributed by atoms with van der Waals surface area (Å²) in [6, 6.07) is 8.22. The van der Waals surface area contributed by atoms with Crippen LogP contribution in [0.15, 0.2) is 56.2 Å². The smallest absolute Gasteiger partial charge is 0.191 e. The van der Waals surface area contributed by atoms with E-state index in [1.54, 1.807) is 12.1 Å². The largest absolute Gasteiger partial charge is 0.322 e. The van der Waals surface area contributed by atoms with Crippen molar-refractivity contribution in [3.63, 3.8) is 0 Å². The van der Waals surface area contributed by atoms with E-state index in [1.807, 2.05) is 18.9 Å². The molecule has 0 saturated heterocycles. The van der Waals surface area contributed by atoms with E-state index in [9.17, 15) is 9.65 Å². The van der Waals surface area contributed by atoms with Gasteiger partial charge in [0.2, 0.25) is 0 Å². The van der Waals surface area contributed by atoms with Gasteiger partial charge < -0.3 is 4.90 Å². The van der Waals surface area contributed by atoms with Crippen LogP contribution in [-0.2, 0) is 0 Å². The van der Waals surface area contributed by atoms with Crippen molar-refractivity contribution in [2.45, 2.75) is 26.3 Å². The molecule has 29 heavy (non-hydrogen) atoms. The highest BCUT2D eigenvalue weighted by molar-refractivity contribution is 9.11. The number of fused-ring (bicyclic) bond motifs is 1. The maximum absolute atomic E-state index is 13.3. The average molecular weight is 470 g/mol. The number of hydrogen-bond donors (Lipinski definition) is 0. The Balaban J connectivity index is 1.73. The summed E-state index contributed by atoms with van der Waals surface area (Å²) >= 11 is 4.83. The van der Waals surface area contributed by atoms with E-state index in [1.165, 1.54) is 23.5 Å². The molecule has 1 atom stereocenters. The fourth-order valence-electron chi connectivity index (χ4n) is 3.37. The first kappa shape index (κ1) is 19.7. The minimum absolute atomic E-state index is 0.0222. The van der Waals surface area contributed by atoms with Gasteiger partial charge in [-0.05, 0) is 59.6 Å². The van der Waals surface area contributed by atoms with Gasteiger partial charge in [0.1, 0.15) is 27.1 Å². The van der Waals surface area contributed by atoms with Crippen molar-refractivity contribution >= 4 is 43.8 Å². The molecule has 0 aliphatic carbocycles. The normalized spacial score (nSPS) is 18.1. The van der Waals surface area contributed by atoms with Gasteiger partial charge in [-0.3, -0.25) is 4.99 Å². The molecule has 1 aromatic carbocycles. The number of dihydropyridines is 1. The molecule has 1 aromatic heterocycles. The standard InChI is InChI=1S/C21H17BrFN5S/c1-4-15-16(9-14-18(26-15)11(2)25-20(14)22)28(3)21-27-19(17(10-24)29-21)12-5-7-13(23)8-6-12/h5-9,15H,4H2,1-3H3. The Morgan fingerprint density at radius 2 is 2.03 bits per heavy atom. The number of anilines is 1. The molecule has 8 heteroatoms. The third-order valence-electron chi connectivity index (χ3n) is 4.90. The van der Waals surface area contributed by atoms with Crippen molar-refractivity contribution in [1.29, 1.82) is 5.26 Å². The second-order valence-electron chi connectivity index (χ2n) is 6.72. The summed E-state index contributed by atoms with van der Waals surface area (Å²) in [5.41, 5.74) is 5.07. The second-order valence-corrected chi connectivity index (χ2v) is 8.45. The molecule has 0 spiro atoms. The maximum Gasteiger partial charge on any atom is 0.191 e. The number of hydrogen-bond acceptors (Lipinski definition) is 6. The van der Waals surface area contributed by atoms with Crippen LogP contribution in [0.1, 0.15) is 25.1 Å². The van der Waals surface area contributed by atoms with E-state index in [0.717, 1.165) is 33.7 Å². The van der Waals surface area contributed by atoms with Crippen molar-refractivity contribution in [3.05, 3.63) is 56.9 Å². The molecule has 2 aliphatic rings. The van der Waals surface area contributed by atoms with Crippen molar-refractivity contribution in [2.75, 3.05) is 11.9 Å². The molecule has 0 fully saturated rings. The minimum Gasteiger partial charge on any atom is -0.322 e. The summed E-state index contributed by atoms with van der Waals surface area (Å²) in [4.78, 5) is 16.5. The average Bonchev–Trinajstić information content (AvgIpc) is 3.28. The lowest BCUT2D eigenvalue weighted by Gasteiger charge is -2.28. The van der Waals surface area contributed by atoms with Gasteiger partial charge in [-0.2, -0.15) is 5.26 Å². The van der Waals surface area contributed by atoms with Gasteiger partial charge in [0.05, 0.1) is 17.5 Å². The van der Waals surface area contributed by atoms with E-state index in [4.69, 9.17) is 9.98 Å². The zero-order chi connectivity index (χ0) is 20.7. The number of allylic oxidation sites excluding steroid dienone is 2. The number of nitrogens with zero attached hydrogens (tertiary/aromatic N) is 5. The predicted molar refractivity (Wildman–Crippen MR) is 119 cm³/mol. The summed E-state index contributed by atoms with van der Waals surface area (Å²) in [6.07, 6.45) is 2.92. The van der Waals surface area contributed by atoms with Gasteiger partial charge in [0, 0.05) is 23.9 Å². The highest BCUT2D eigenvalue weighted by Gasteiger charge is 2.30. The van der Waals surface area contributed by atoms with Gasteiger partial charge in [-0.1, -0.05) is 18.3 Å². The number of benzene rings is 1. The Kier molecular flexibility index (Phi) is 5.19. The van der Waals surface area contributed by atoms with E-state index in [2.05, 4.69) is 40.0 Å². The molecule has 146 valence electrons. The SMILES string of the molecule is CCC1N=C2C(C)=NC(Br)=C2C=C1N(C)c1nc(-c2ccc(F)cc2)c(C#N)s1. The Bertz CT molecular complexity index is 1150. The number of likely N-dealkylation sites (N-methyl/N-ethyl adjacent to an activating group) is 1. The van der Waals surface area contributed by atoms with E-state index in [0.29, 0.717) is 21.3 Å². The van der Waals surface area contributed by atoms with Crippen LogP contribution in [0.2, 0.25) is 0 Å². The monoisotopic (exact) mass is 469 g/mol. The zero-order valence-corrected chi connectivity index (χ0v) is 18.5. The van der Waals surface area contributed by atoms with Crippen LogP contribution in [0.3, 0.4) is 0 Å². The lowest BCUT2D eigenvalue weighted by atomic mass is 9.99. The molecule has 1 unspecified atom stereocenters. The fraction of sp³-hybridized carbons (Fsp3) is 0.238. The van der Waals surface area contributed by atoms with Crippen LogP contribution in [-0.4, -0.2) is 29.5 Å². The molecule has 0 radical (unpaired) electrons. The number of aliphatic imine (C=N–C) groups is 2. The first-order valence-electron chi connectivity index (χ1n) is 9.08. The molecule has 0 bridgehead atoms. The Hall–Kier alpha value is -2.63. The van der Waals surface area contributed by atoms with Gasteiger partial charge in [-0.25, -0.2) is 14.4 Å². The van der Waals surface area contributed by atoms with Crippen LogP contribution >= 0.6 is 27.3 Å². The maximum atomic E-state index is 13.3. The van der Waals surface area contributed by atoms with Crippen LogP contribution in [0.25, 0.3) is 11.3 Å². The summed E-state index contributed by atoms with van der Waals surface area (Å²) < 4.78 is 14.1. The predicted octanol–water partition coefficient (Wildman–Crippen LogP) is 5.46. The molecule has 0 N–H and O–H groups in total. The summed E-state index contributed by atoms with van der Waals surface area (Å²) in [6.45, 7) is 4.05. The summed E-state index contributed by atoms with van der Waals surface area (Å²) in [7, 11) is 1.93. The summed E-state index contributed by atoms with van der Waals surface area (Å²) in [5, 5.41) is 10.3. The zero-order valence-electron chi connectivity index (χ0n) is 16.1. The number of rotatable bonds is 4. The number of aromatic nitrogens is 1. The molecule has 2 aliphatic heterocycles. The van der Waals surface area contributed by atoms with E-state index >= 15 is 0 Å². The third-order valence-corrected chi connectivity index (χ3v) is 6.54. The van der Waals surface area contributed by atoms with E-state index in [-0.39, 0.29) is 11.9 Å². The highest BCUT2D eigenvalue weighted by Crippen LogP contribution is 2.37. The van der Waals surface area contributed by atoms with Crippen molar-refractivity contribution in [2.24, 2.45) is 9.98 Å². The van der Waals surface area contributed by atoms with Crippen molar-refractivity contribution in [1.82, 2.24) is 4.98 Å². The van der Waals surface area contributed by atoms with Crippen LogP contribution in [0, 0.1) is 17.1 Å². The lowest BCUT2D eigenvalue weighted by molar-refractivity contribution is 0.628. The van der Waals surface area contributed by atoms with Crippen LogP contribution in [0.5, 0.6) is 0 Å². The lowest BCUT2D eigenvalue weighted by Crippen LogP contribution is -2.30. The third kappa shape index (κ3) is 3.45. The molecule has 3 heterocycles. The Morgan fingerprint density at radius 3 is 2.69 bits per heavy atom. The Morgan fingerprint density at radius 1 is 1.31 bits per heavy atom. The van der Waals surface area contributed by atoms with Gasteiger partial charge in [0.15, 0.2) is 5.13 Å². The van der Waals surface area contributed by atoms with Crippen molar-refractivity contribution < 1.29 is 4.39 Å². The molecule has 0 saturated carbocycles. The quantitative estimate of drug-likeness (QED) is 0.558. The Labute approximate surface area is 180 Å². The minimum atomic E-state index is -0.320. The fourth-order valence-corrected chi connectivity index (χ4v) is 4.81. The number of nitriles is 1. The second kappa shape index (κ2) is 7.65. The van der Waals surface area contributed by atoms with E-state index < -0.39 is 0 Å². The highest BCUT2D eigenvalue weighted by atomic mass is 79.9. The van der Waals surface area contributed by atoms with Crippen LogP contribution in [0.4, 0.5) is 9.52 Å². The van der Waals surface area contributed by atoms with Gasteiger partial charge in [-0.15, -0.1) is 0 Å². The van der Waals surface area contributed by atoms with Crippen LogP contribution < -0.4 is 4.90 Å². The molecular formula is C21H17BrFN5S.